The van der Waals surface area contributed by atoms with Crippen LogP contribution in [0.3, 0.4) is 0 Å². The number of nitro groups is 1. The van der Waals surface area contributed by atoms with Crippen molar-refractivity contribution < 1.29 is 13.7 Å². The van der Waals surface area contributed by atoms with Crippen LogP contribution >= 0.6 is 0 Å². The van der Waals surface area contributed by atoms with E-state index in [1.807, 2.05) is 0 Å². The Morgan fingerprint density at radius 1 is 1.12 bits per heavy atom. The Morgan fingerprint density at radius 2 is 1.97 bits per heavy atom. The fourth-order valence-electron chi connectivity index (χ4n) is 3.06. The maximum atomic E-state index is 13.9. The molecule has 11 heteroatoms. The van der Waals surface area contributed by atoms with Gasteiger partial charge in [-0.1, -0.05) is 18.2 Å². The summed E-state index contributed by atoms with van der Waals surface area (Å²) in [6.07, 6.45) is 3.16. The number of aryl methyl sites for hydroxylation is 1. The Bertz CT molecular complexity index is 1290. The number of nitro benzene ring substituents is 1. The minimum Gasteiger partial charge on any atom is -0.375 e. The quantitative estimate of drug-likeness (QED) is 0.325. The van der Waals surface area contributed by atoms with Crippen LogP contribution < -0.4 is 10.6 Å². The summed E-state index contributed by atoms with van der Waals surface area (Å²) in [5.74, 6) is -0.989. The summed E-state index contributed by atoms with van der Waals surface area (Å²) < 4.78 is 28.9. The Morgan fingerprint density at radius 3 is 2.72 bits per heavy atom. The van der Waals surface area contributed by atoms with Gasteiger partial charge in [-0.25, -0.2) is 18.7 Å². The number of anilines is 3. The summed E-state index contributed by atoms with van der Waals surface area (Å²) in [5, 5.41) is 21.5. The molecule has 0 bridgehead atoms. The van der Waals surface area contributed by atoms with Gasteiger partial charge in [0, 0.05) is 43.0 Å². The van der Waals surface area contributed by atoms with Gasteiger partial charge in [0.25, 0.3) is 5.69 Å². The fourth-order valence-corrected chi connectivity index (χ4v) is 3.06. The topological polar surface area (TPSA) is 111 Å². The molecule has 2 aromatic carbocycles. The van der Waals surface area contributed by atoms with Crippen LogP contribution in [-0.2, 0) is 13.6 Å². The van der Waals surface area contributed by atoms with Gasteiger partial charge in [-0.15, -0.1) is 0 Å². The Hall–Kier alpha value is -4.41. The molecule has 2 heterocycles. The third kappa shape index (κ3) is 4.36. The molecule has 0 radical (unpaired) electrons. The third-order valence-corrected chi connectivity index (χ3v) is 4.71. The van der Waals surface area contributed by atoms with Crippen LogP contribution in [0.15, 0.2) is 60.9 Å². The Balaban J connectivity index is 1.59. The number of nitrogens with zero attached hydrogens (tertiary/aromatic N) is 5. The van der Waals surface area contributed by atoms with E-state index in [0.717, 1.165) is 6.07 Å². The van der Waals surface area contributed by atoms with E-state index in [1.54, 1.807) is 36.1 Å². The fraction of sp³-hybridized carbons (Fsp3) is 0.0952. The summed E-state index contributed by atoms with van der Waals surface area (Å²) in [6, 6.07) is 11.7. The van der Waals surface area contributed by atoms with Crippen molar-refractivity contribution in [3.63, 3.8) is 0 Å². The normalized spacial score (nSPS) is 10.7. The molecule has 0 amide bonds. The molecule has 0 saturated heterocycles. The maximum absolute atomic E-state index is 13.9. The number of rotatable bonds is 7. The first-order valence-corrected chi connectivity index (χ1v) is 9.46. The second kappa shape index (κ2) is 8.76. The molecule has 162 valence electrons. The molecule has 0 aliphatic rings. The second-order valence-electron chi connectivity index (χ2n) is 6.79. The van der Waals surface area contributed by atoms with Crippen molar-refractivity contribution in [2.24, 2.45) is 7.05 Å². The highest BCUT2D eigenvalue weighted by atomic mass is 19.2. The lowest BCUT2D eigenvalue weighted by atomic mass is 10.1. The van der Waals surface area contributed by atoms with Crippen LogP contribution in [0.25, 0.3) is 11.3 Å². The van der Waals surface area contributed by atoms with Crippen LogP contribution in [0.1, 0.15) is 5.56 Å². The van der Waals surface area contributed by atoms with E-state index in [1.165, 1.54) is 30.5 Å². The van der Waals surface area contributed by atoms with Gasteiger partial charge in [0.15, 0.2) is 11.6 Å². The van der Waals surface area contributed by atoms with Crippen LogP contribution in [0.5, 0.6) is 0 Å². The molecule has 0 unspecified atom stereocenters. The van der Waals surface area contributed by atoms with Crippen molar-refractivity contribution in [3.8, 4) is 11.3 Å². The number of nitrogens with one attached hydrogen (secondary N) is 2. The van der Waals surface area contributed by atoms with E-state index in [4.69, 9.17) is 0 Å². The monoisotopic (exact) mass is 437 g/mol. The first-order valence-electron chi connectivity index (χ1n) is 9.46. The van der Waals surface area contributed by atoms with E-state index in [0.29, 0.717) is 23.0 Å². The van der Waals surface area contributed by atoms with Crippen molar-refractivity contribution in [2.75, 3.05) is 10.6 Å². The largest absolute Gasteiger partial charge is 0.375 e. The van der Waals surface area contributed by atoms with E-state index in [-0.39, 0.29) is 23.5 Å². The van der Waals surface area contributed by atoms with E-state index >= 15 is 0 Å². The van der Waals surface area contributed by atoms with E-state index < -0.39 is 16.6 Å². The van der Waals surface area contributed by atoms with Gasteiger partial charge in [0.1, 0.15) is 11.5 Å². The molecule has 0 aliphatic carbocycles. The summed E-state index contributed by atoms with van der Waals surface area (Å²) >= 11 is 0. The van der Waals surface area contributed by atoms with Crippen molar-refractivity contribution >= 4 is 23.1 Å². The molecule has 2 aromatic heterocycles. The number of halogens is 2. The molecular weight excluding hydrogens is 420 g/mol. The predicted octanol–water partition coefficient (Wildman–Crippen LogP) is 4.42. The average molecular weight is 437 g/mol. The smallest absolute Gasteiger partial charge is 0.292 e. The molecule has 32 heavy (non-hydrogen) atoms. The van der Waals surface area contributed by atoms with Crippen molar-refractivity contribution in [1.29, 1.82) is 0 Å². The van der Waals surface area contributed by atoms with Gasteiger partial charge < -0.3 is 10.6 Å². The van der Waals surface area contributed by atoms with Gasteiger partial charge in [-0.2, -0.15) is 5.10 Å². The van der Waals surface area contributed by atoms with Crippen LogP contribution in [0, 0.1) is 21.7 Å². The molecule has 9 nitrogen and oxygen atoms in total. The van der Waals surface area contributed by atoms with Crippen LogP contribution in [0.2, 0.25) is 0 Å². The minimum atomic E-state index is -0.992. The zero-order valence-corrected chi connectivity index (χ0v) is 16.8. The highest BCUT2D eigenvalue weighted by molar-refractivity contribution is 5.72. The van der Waals surface area contributed by atoms with E-state index in [2.05, 4.69) is 25.7 Å². The summed E-state index contributed by atoms with van der Waals surface area (Å²) in [5.41, 5.74) is 0.971. The number of hydrogen-bond donors (Lipinski definition) is 2. The van der Waals surface area contributed by atoms with Gasteiger partial charge in [-0.05, 0) is 18.2 Å². The van der Waals surface area contributed by atoms with Gasteiger partial charge in [0.2, 0.25) is 5.95 Å². The van der Waals surface area contributed by atoms with Gasteiger partial charge >= 0.3 is 0 Å². The highest BCUT2D eigenvalue weighted by Gasteiger charge is 2.17. The van der Waals surface area contributed by atoms with Crippen LogP contribution in [0.4, 0.5) is 31.9 Å². The maximum Gasteiger partial charge on any atom is 0.292 e. The predicted molar refractivity (Wildman–Crippen MR) is 114 cm³/mol. The molecule has 0 fully saturated rings. The molecular formula is C21H17F2N7O2. The minimum absolute atomic E-state index is 0.0602. The molecule has 4 rings (SSSR count). The Labute approximate surface area is 180 Å². The van der Waals surface area contributed by atoms with Gasteiger partial charge in [0.05, 0.1) is 16.8 Å². The third-order valence-electron chi connectivity index (χ3n) is 4.71. The SMILES string of the molecule is Cn1nccc1Nc1nccc(-c2ccc(NCc3cccc(F)c3F)c([N+](=O)[O-])c2)n1. The number of aromatic nitrogens is 4. The summed E-state index contributed by atoms with van der Waals surface area (Å²) in [6.45, 7) is -0.115. The molecule has 4 aromatic rings. The Kier molecular flexibility index (Phi) is 5.71. The highest BCUT2D eigenvalue weighted by Crippen LogP contribution is 2.31. The summed E-state index contributed by atoms with van der Waals surface area (Å²) in [4.78, 5) is 19.6. The molecule has 0 spiro atoms. The zero-order valence-electron chi connectivity index (χ0n) is 16.8. The molecule has 0 aliphatic heterocycles. The standard InChI is InChI=1S/C21H17F2N7O2/c1-29-19(8-10-26-29)28-21-24-9-7-16(27-21)13-5-6-17(18(11-13)30(31)32)25-12-14-3-2-4-15(22)20(14)23/h2-11,25H,12H2,1H3,(H,24,27,28). The summed E-state index contributed by atoms with van der Waals surface area (Å²) in [7, 11) is 1.76. The first kappa shape index (κ1) is 20.8. The molecule has 0 atom stereocenters. The lowest BCUT2D eigenvalue weighted by molar-refractivity contribution is -0.383. The van der Waals surface area contributed by atoms with Crippen molar-refractivity contribution in [3.05, 3.63) is 88.2 Å². The number of hydrogen-bond acceptors (Lipinski definition) is 7. The average Bonchev–Trinajstić information content (AvgIpc) is 3.19. The lowest BCUT2D eigenvalue weighted by Gasteiger charge is -2.10. The molecule has 0 saturated carbocycles. The van der Waals surface area contributed by atoms with Gasteiger partial charge in [-0.3, -0.25) is 14.8 Å². The van der Waals surface area contributed by atoms with Crippen molar-refractivity contribution in [1.82, 2.24) is 19.7 Å². The lowest BCUT2D eigenvalue weighted by Crippen LogP contribution is -2.06. The zero-order chi connectivity index (χ0) is 22.7. The number of benzene rings is 2. The van der Waals surface area contributed by atoms with Crippen LogP contribution in [-0.4, -0.2) is 24.7 Å². The van der Waals surface area contributed by atoms with Crippen molar-refractivity contribution in [2.45, 2.75) is 6.54 Å². The first-order chi connectivity index (χ1) is 15.4. The second-order valence-corrected chi connectivity index (χ2v) is 6.79. The van der Waals surface area contributed by atoms with E-state index in [9.17, 15) is 18.9 Å². The molecule has 2 N–H and O–H groups in total.